The van der Waals surface area contributed by atoms with Crippen LogP contribution in [0.2, 0.25) is 0 Å². The first-order chi connectivity index (χ1) is 7.83. The number of hydrogen-bond donors (Lipinski definition) is 2. The Kier molecular flexibility index (Phi) is 3.03. The number of benzene rings is 1. The van der Waals surface area contributed by atoms with Crippen molar-refractivity contribution in [3.63, 3.8) is 0 Å². The Morgan fingerprint density at radius 1 is 1.12 bits per heavy atom. The van der Waals surface area contributed by atoms with Crippen molar-refractivity contribution in [1.29, 1.82) is 0 Å². The van der Waals surface area contributed by atoms with Gasteiger partial charge in [-0.1, -0.05) is 29.4 Å². The summed E-state index contributed by atoms with van der Waals surface area (Å²) in [6.45, 7) is 0.0286. The van der Waals surface area contributed by atoms with Crippen LogP contribution >= 0.6 is 0 Å². The van der Waals surface area contributed by atoms with Crippen LogP contribution in [0.4, 0.5) is 0 Å². The zero-order valence-electron chi connectivity index (χ0n) is 8.50. The molecule has 0 atom stereocenters. The summed E-state index contributed by atoms with van der Waals surface area (Å²) in [5.41, 5.74) is 1.77. The standard InChI is InChI=1S/C12H11NO3/c14-8-9-1-3-10(4-2-9)12-6-5-11(16-12)7-13-15/h1-7,14-15H,8H2/b13-7+. The summed E-state index contributed by atoms with van der Waals surface area (Å²) in [4.78, 5) is 0. The molecule has 0 bridgehead atoms. The monoisotopic (exact) mass is 217 g/mol. The lowest BCUT2D eigenvalue weighted by Gasteiger charge is -1.98. The molecule has 2 rings (SSSR count). The number of aliphatic hydroxyl groups excluding tert-OH is 1. The van der Waals surface area contributed by atoms with Gasteiger partial charge in [0.2, 0.25) is 0 Å². The average molecular weight is 217 g/mol. The van der Waals surface area contributed by atoms with Crippen molar-refractivity contribution >= 4 is 6.21 Å². The molecule has 0 aliphatic heterocycles. The lowest BCUT2D eigenvalue weighted by atomic mass is 10.1. The van der Waals surface area contributed by atoms with Gasteiger partial charge in [0.25, 0.3) is 0 Å². The lowest BCUT2D eigenvalue weighted by Crippen LogP contribution is -1.82. The molecule has 0 spiro atoms. The molecule has 0 radical (unpaired) electrons. The fraction of sp³-hybridized carbons (Fsp3) is 0.0833. The van der Waals surface area contributed by atoms with E-state index in [0.717, 1.165) is 11.1 Å². The summed E-state index contributed by atoms with van der Waals surface area (Å²) >= 11 is 0. The van der Waals surface area contributed by atoms with Gasteiger partial charge in [-0.2, -0.15) is 0 Å². The van der Waals surface area contributed by atoms with Gasteiger partial charge >= 0.3 is 0 Å². The summed E-state index contributed by atoms with van der Waals surface area (Å²) < 4.78 is 5.41. The minimum absolute atomic E-state index is 0.0286. The van der Waals surface area contributed by atoms with Gasteiger partial charge in [-0.3, -0.25) is 0 Å². The van der Waals surface area contributed by atoms with Gasteiger partial charge in [-0.15, -0.1) is 0 Å². The molecule has 1 aromatic heterocycles. The van der Waals surface area contributed by atoms with Crippen LogP contribution in [0.5, 0.6) is 0 Å². The first kappa shape index (κ1) is 10.4. The lowest BCUT2D eigenvalue weighted by molar-refractivity contribution is 0.282. The molecule has 82 valence electrons. The largest absolute Gasteiger partial charge is 0.455 e. The quantitative estimate of drug-likeness (QED) is 0.470. The summed E-state index contributed by atoms with van der Waals surface area (Å²) in [5, 5.41) is 20.1. The molecule has 0 saturated carbocycles. The highest BCUT2D eigenvalue weighted by Crippen LogP contribution is 2.21. The predicted octanol–water partition coefficient (Wildman–Crippen LogP) is 2.25. The molecule has 1 heterocycles. The van der Waals surface area contributed by atoms with Gasteiger partial charge in [0.1, 0.15) is 17.7 Å². The fourth-order valence-corrected chi connectivity index (χ4v) is 1.41. The van der Waals surface area contributed by atoms with Crippen molar-refractivity contribution in [2.24, 2.45) is 5.16 Å². The molecule has 0 unspecified atom stereocenters. The van der Waals surface area contributed by atoms with Crippen molar-refractivity contribution in [3.05, 3.63) is 47.7 Å². The number of aliphatic hydroxyl groups is 1. The molecule has 4 heteroatoms. The van der Waals surface area contributed by atoms with Gasteiger partial charge in [0.15, 0.2) is 0 Å². The zero-order chi connectivity index (χ0) is 11.4. The molecule has 0 fully saturated rings. The Bertz CT molecular complexity index is 485. The second kappa shape index (κ2) is 4.63. The van der Waals surface area contributed by atoms with Gasteiger partial charge in [-0.25, -0.2) is 0 Å². The zero-order valence-corrected chi connectivity index (χ0v) is 8.50. The summed E-state index contributed by atoms with van der Waals surface area (Å²) in [5.74, 6) is 1.18. The van der Waals surface area contributed by atoms with Crippen LogP contribution in [0.3, 0.4) is 0 Å². The van der Waals surface area contributed by atoms with Crippen molar-refractivity contribution in [2.75, 3.05) is 0 Å². The molecule has 2 N–H and O–H groups in total. The van der Waals surface area contributed by atoms with Gasteiger partial charge in [0, 0.05) is 5.56 Å². The highest BCUT2D eigenvalue weighted by molar-refractivity contribution is 5.76. The molecule has 0 aliphatic rings. The van der Waals surface area contributed by atoms with E-state index in [0.29, 0.717) is 11.5 Å². The maximum Gasteiger partial charge on any atom is 0.149 e. The van der Waals surface area contributed by atoms with Gasteiger partial charge < -0.3 is 14.7 Å². The third kappa shape index (κ3) is 2.12. The first-order valence-electron chi connectivity index (χ1n) is 4.81. The summed E-state index contributed by atoms with van der Waals surface area (Å²) in [6.07, 6.45) is 1.23. The first-order valence-corrected chi connectivity index (χ1v) is 4.81. The van der Waals surface area contributed by atoms with Crippen molar-refractivity contribution < 1.29 is 14.7 Å². The second-order valence-electron chi connectivity index (χ2n) is 3.30. The van der Waals surface area contributed by atoms with Gasteiger partial charge in [0.05, 0.1) is 6.61 Å². The van der Waals surface area contributed by atoms with E-state index < -0.39 is 0 Å². The van der Waals surface area contributed by atoms with Crippen LogP contribution < -0.4 is 0 Å². The smallest absolute Gasteiger partial charge is 0.149 e. The molecular formula is C12H11NO3. The second-order valence-corrected chi connectivity index (χ2v) is 3.30. The molecule has 0 saturated heterocycles. The van der Waals surface area contributed by atoms with Crippen molar-refractivity contribution in [3.8, 4) is 11.3 Å². The molecule has 16 heavy (non-hydrogen) atoms. The maximum atomic E-state index is 8.90. The Morgan fingerprint density at radius 3 is 2.50 bits per heavy atom. The predicted molar refractivity (Wildman–Crippen MR) is 59.4 cm³/mol. The topological polar surface area (TPSA) is 66.0 Å². The molecule has 4 nitrogen and oxygen atoms in total. The van der Waals surface area contributed by atoms with E-state index in [1.54, 1.807) is 12.1 Å². The van der Waals surface area contributed by atoms with Crippen LogP contribution in [0.15, 0.2) is 46.0 Å². The van der Waals surface area contributed by atoms with E-state index in [2.05, 4.69) is 5.16 Å². The molecule has 0 amide bonds. The van der Waals surface area contributed by atoms with E-state index in [-0.39, 0.29) is 6.61 Å². The fourth-order valence-electron chi connectivity index (χ4n) is 1.41. The minimum Gasteiger partial charge on any atom is -0.455 e. The Hall–Kier alpha value is -2.07. The summed E-state index contributed by atoms with van der Waals surface area (Å²) in [6, 6.07) is 10.9. The molecule has 0 aliphatic carbocycles. The van der Waals surface area contributed by atoms with Crippen LogP contribution in [0, 0.1) is 0 Å². The van der Waals surface area contributed by atoms with Crippen molar-refractivity contribution in [1.82, 2.24) is 0 Å². The third-order valence-corrected chi connectivity index (χ3v) is 2.23. The maximum absolute atomic E-state index is 8.90. The Labute approximate surface area is 92.5 Å². The molecular weight excluding hydrogens is 206 g/mol. The summed E-state index contributed by atoms with van der Waals surface area (Å²) in [7, 11) is 0. The van der Waals surface area contributed by atoms with Crippen LogP contribution in [-0.2, 0) is 6.61 Å². The van der Waals surface area contributed by atoms with Crippen LogP contribution in [0.1, 0.15) is 11.3 Å². The normalized spacial score (nSPS) is 11.1. The number of hydrogen-bond acceptors (Lipinski definition) is 4. The highest BCUT2D eigenvalue weighted by atomic mass is 16.4. The highest BCUT2D eigenvalue weighted by Gasteiger charge is 2.03. The number of oxime groups is 1. The third-order valence-electron chi connectivity index (χ3n) is 2.23. The number of furan rings is 1. The molecule has 2 aromatic rings. The van der Waals surface area contributed by atoms with E-state index >= 15 is 0 Å². The Morgan fingerprint density at radius 2 is 1.88 bits per heavy atom. The average Bonchev–Trinajstić information content (AvgIpc) is 2.78. The van der Waals surface area contributed by atoms with E-state index in [1.165, 1.54) is 6.21 Å². The van der Waals surface area contributed by atoms with Crippen LogP contribution in [-0.4, -0.2) is 16.5 Å². The number of nitrogens with zero attached hydrogens (tertiary/aromatic N) is 1. The van der Waals surface area contributed by atoms with Crippen molar-refractivity contribution in [2.45, 2.75) is 6.61 Å². The van der Waals surface area contributed by atoms with E-state index in [9.17, 15) is 0 Å². The Balaban J connectivity index is 2.27. The van der Waals surface area contributed by atoms with E-state index in [4.69, 9.17) is 14.7 Å². The van der Waals surface area contributed by atoms with E-state index in [1.807, 2.05) is 24.3 Å². The number of rotatable bonds is 3. The SMILES string of the molecule is OCc1ccc(-c2ccc(/C=N/O)o2)cc1. The minimum atomic E-state index is 0.0286. The molecule has 1 aromatic carbocycles. The van der Waals surface area contributed by atoms with Crippen LogP contribution in [0.25, 0.3) is 11.3 Å². The van der Waals surface area contributed by atoms with Gasteiger partial charge in [-0.05, 0) is 17.7 Å².